The van der Waals surface area contributed by atoms with E-state index >= 15 is 0 Å². The number of fused-ring (bicyclic) bond motifs is 1. The maximum atomic E-state index is 7.83. The molecule has 0 aliphatic carbocycles. The van der Waals surface area contributed by atoms with Gasteiger partial charge < -0.3 is 5.32 Å². The van der Waals surface area contributed by atoms with Gasteiger partial charge in [0.15, 0.2) is 0 Å². The number of rotatable bonds is 4. The summed E-state index contributed by atoms with van der Waals surface area (Å²) in [6, 6.07) is 7.61. The van der Waals surface area contributed by atoms with Gasteiger partial charge in [0.05, 0.1) is 11.2 Å². The largest absolute Gasteiger partial charge is 0.392 e. The molecule has 0 saturated carbocycles. The number of nitrogens with zero attached hydrogens (tertiary/aromatic N) is 3. The van der Waals surface area contributed by atoms with E-state index in [9.17, 15) is 0 Å². The zero-order chi connectivity index (χ0) is 12.3. The quantitative estimate of drug-likeness (QED) is 0.780. The van der Waals surface area contributed by atoms with E-state index in [4.69, 9.17) is 5.41 Å². The van der Waals surface area contributed by atoms with Gasteiger partial charge in [0.1, 0.15) is 11.2 Å². The number of aromatic nitrogens is 3. The van der Waals surface area contributed by atoms with Crippen LogP contribution in [-0.4, -0.2) is 27.8 Å². The Balaban J connectivity index is 2.61. The van der Waals surface area contributed by atoms with Crippen LogP contribution < -0.4 is 5.32 Å². The predicted molar refractivity (Wildman–Crippen MR) is 68.8 cm³/mol. The third-order valence-electron chi connectivity index (χ3n) is 2.34. The van der Waals surface area contributed by atoms with Crippen LogP contribution in [0.2, 0.25) is 0 Å². The lowest BCUT2D eigenvalue weighted by atomic mass is 10.2. The highest BCUT2D eigenvalue weighted by molar-refractivity contribution is 6.23. The summed E-state index contributed by atoms with van der Waals surface area (Å²) in [4.78, 5) is 0. The monoisotopic (exact) mass is 227 g/mol. The highest BCUT2D eigenvalue weighted by Crippen LogP contribution is 2.15. The zero-order valence-corrected chi connectivity index (χ0v) is 9.51. The van der Waals surface area contributed by atoms with Crippen LogP contribution in [0.25, 0.3) is 16.7 Å². The lowest BCUT2D eigenvalue weighted by molar-refractivity contribution is 0.843. The van der Waals surface area contributed by atoms with Crippen LogP contribution >= 0.6 is 0 Å². The molecule has 5 heteroatoms. The molecule has 0 fully saturated rings. The van der Waals surface area contributed by atoms with E-state index in [1.54, 1.807) is 17.9 Å². The van der Waals surface area contributed by atoms with Crippen molar-refractivity contribution in [1.82, 2.24) is 20.3 Å². The van der Waals surface area contributed by atoms with E-state index in [2.05, 4.69) is 22.2 Å². The van der Waals surface area contributed by atoms with Crippen molar-refractivity contribution >= 4 is 22.4 Å². The van der Waals surface area contributed by atoms with Gasteiger partial charge in [-0.3, -0.25) is 5.41 Å². The van der Waals surface area contributed by atoms with Gasteiger partial charge in [-0.1, -0.05) is 23.9 Å². The lowest BCUT2D eigenvalue weighted by Gasteiger charge is -2.06. The van der Waals surface area contributed by atoms with Gasteiger partial charge >= 0.3 is 0 Å². The summed E-state index contributed by atoms with van der Waals surface area (Å²) in [5, 5.41) is 18.8. The molecule has 2 aromatic rings. The topological polar surface area (TPSA) is 66.6 Å². The van der Waals surface area contributed by atoms with Gasteiger partial charge in [-0.15, -0.1) is 5.10 Å². The summed E-state index contributed by atoms with van der Waals surface area (Å²) in [5.74, 6) is 0. The molecule has 2 rings (SSSR count). The first-order valence-electron chi connectivity index (χ1n) is 5.17. The summed E-state index contributed by atoms with van der Waals surface area (Å²) in [5.41, 5.74) is 2.55. The summed E-state index contributed by atoms with van der Waals surface area (Å²) >= 11 is 0. The zero-order valence-electron chi connectivity index (χ0n) is 9.51. The average molecular weight is 227 g/mol. The Morgan fingerprint density at radius 1 is 1.47 bits per heavy atom. The molecule has 0 amide bonds. The summed E-state index contributed by atoms with van der Waals surface area (Å²) < 4.78 is 1.62. The van der Waals surface area contributed by atoms with E-state index in [0.717, 1.165) is 11.0 Å². The van der Waals surface area contributed by atoms with Crippen molar-refractivity contribution in [2.24, 2.45) is 0 Å². The van der Waals surface area contributed by atoms with Crippen LogP contribution in [0, 0.1) is 5.41 Å². The fourth-order valence-electron chi connectivity index (χ4n) is 1.54. The van der Waals surface area contributed by atoms with Crippen LogP contribution in [-0.2, 0) is 0 Å². The minimum Gasteiger partial charge on any atom is -0.392 e. The van der Waals surface area contributed by atoms with Crippen molar-refractivity contribution in [1.29, 1.82) is 5.41 Å². The van der Waals surface area contributed by atoms with Crippen LogP contribution in [0.15, 0.2) is 43.1 Å². The Labute approximate surface area is 99.0 Å². The molecule has 0 aliphatic heterocycles. The van der Waals surface area contributed by atoms with Crippen molar-refractivity contribution < 1.29 is 0 Å². The Bertz CT molecular complexity index is 594. The molecule has 0 atom stereocenters. The normalized spacial score (nSPS) is 11.5. The van der Waals surface area contributed by atoms with Gasteiger partial charge in [-0.05, 0) is 18.2 Å². The highest BCUT2D eigenvalue weighted by atomic mass is 15.4. The van der Waals surface area contributed by atoms with E-state index in [-0.39, 0.29) is 5.71 Å². The van der Waals surface area contributed by atoms with E-state index < -0.39 is 0 Å². The first-order valence-corrected chi connectivity index (χ1v) is 5.17. The van der Waals surface area contributed by atoms with Crippen LogP contribution in [0.4, 0.5) is 0 Å². The lowest BCUT2D eigenvalue weighted by Crippen LogP contribution is -2.11. The second kappa shape index (κ2) is 4.61. The van der Waals surface area contributed by atoms with Crippen molar-refractivity contribution in [3.63, 3.8) is 0 Å². The molecule has 0 radical (unpaired) electrons. The number of hydrogen-bond acceptors (Lipinski definition) is 4. The third-order valence-corrected chi connectivity index (χ3v) is 2.34. The first kappa shape index (κ1) is 11.1. The standard InChI is InChI=1S/C12H13N5/c1-3-9(13)12(8-14-2)17-11-7-5-4-6-10(11)15-16-17/h3-8,13-14H,1H2,2H3/b12-8+,13-9?. The first-order chi connectivity index (χ1) is 8.27. The minimum atomic E-state index is 0.287. The second-order valence-corrected chi connectivity index (χ2v) is 3.43. The summed E-state index contributed by atoms with van der Waals surface area (Å²) in [6.07, 6.45) is 3.17. The summed E-state index contributed by atoms with van der Waals surface area (Å²) in [7, 11) is 1.77. The molecular formula is C12H13N5. The minimum absolute atomic E-state index is 0.287. The number of benzene rings is 1. The fraction of sp³-hybridized carbons (Fsp3) is 0.0833. The van der Waals surface area contributed by atoms with E-state index in [1.165, 1.54) is 6.08 Å². The van der Waals surface area contributed by atoms with Crippen LogP contribution in [0.3, 0.4) is 0 Å². The molecule has 0 spiro atoms. The fourth-order valence-corrected chi connectivity index (χ4v) is 1.54. The Hall–Kier alpha value is -2.43. The number of para-hydroxylation sites is 1. The van der Waals surface area contributed by atoms with Crippen molar-refractivity contribution in [2.75, 3.05) is 7.05 Å². The van der Waals surface area contributed by atoms with Crippen molar-refractivity contribution in [3.8, 4) is 0 Å². The van der Waals surface area contributed by atoms with Gasteiger partial charge in [-0.2, -0.15) is 0 Å². The predicted octanol–water partition coefficient (Wildman–Crippen LogP) is 1.65. The number of nitrogens with one attached hydrogen (secondary N) is 2. The van der Waals surface area contributed by atoms with Crippen LogP contribution in [0.5, 0.6) is 0 Å². The highest BCUT2D eigenvalue weighted by Gasteiger charge is 2.10. The van der Waals surface area contributed by atoms with Gasteiger partial charge in [0, 0.05) is 13.2 Å². The molecule has 0 unspecified atom stereocenters. The molecule has 2 N–H and O–H groups in total. The molecule has 1 aromatic carbocycles. The van der Waals surface area contributed by atoms with E-state index in [1.807, 2.05) is 24.3 Å². The van der Waals surface area contributed by atoms with Crippen molar-refractivity contribution in [2.45, 2.75) is 0 Å². The van der Waals surface area contributed by atoms with Gasteiger partial charge in [0.25, 0.3) is 0 Å². The average Bonchev–Trinajstić information content (AvgIpc) is 2.79. The molecule has 1 heterocycles. The molecular weight excluding hydrogens is 214 g/mol. The maximum absolute atomic E-state index is 7.83. The molecule has 0 bridgehead atoms. The van der Waals surface area contributed by atoms with Gasteiger partial charge in [0.2, 0.25) is 0 Å². The summed E-state index contributed by atoms with van der Waals surface area (Å²) in [6.45, 7) is 3.60. The van der Waals surface area contributed by atoms with Gasteiger partial charge in [-0.25, -0.2) is 4.68 Å². The third kappa shape index (κ3) is 1.94. The molecule has 5 nitrogen and oxygen atoms in total. The number of allylic oxidation sites excluding steroid dienone is 2. The Kier molecular flexibility index (Phi) is 3.00. The van der Waals surface area contributed by atoms with E-state index in [0.29, 0.717) is 5.70 Å². The smallest absolute Gasteiger partial charge is 0.113 e. The second-order valence-electron chi connectivity index (χ2n) is 3.43. The Morgan fingerprint density at radius 3 is 2.94 bits per heavy atom. The SMILES string of the molecule is C=CC(=N)/C(=C\NC)n1nnc2ccccc21. The van der Waals surface area contributed by atoms with Crippen molar-refractivity contribution in [3.05, 3.63) is 43.1 Å². The maximum Gasteiger partial charge on any atom is 0.113 e. The molecule has 86 valence electrons. The molecule has 0 aliphatic rings. The molecule has 0 saturated heterocycles. The Morgan fingerprint density at radius 2 is 2.24 bits per heavy atom. The molecule has 1 aromatic heterocycles. The van der Waals surface area contributed by atoms with Crippen LogP contribution in [0.1, 0.15) is 0 Å². The number of hydrogen-bond donors (Lipinski definition) is 2. The molecule has 17 heavy (non-hydrogen) atoms.